The van der Waals surface area contributed by atoms with Crippen molar-refractivity contribution in [1.82, 2.24) is 19.9 Å². The molecule has 4 heteroatoms. The monoisotopic (exact) mass is 990 g/mol. The van der Waals surface area contributed by atoms with Crippen molar-refractivity contribution in [3.05, 3.63) is 279 Å². The Morgan fingerprint density at radius 1 is 0.179 bits per heavy atom. The number of nitrogens with zero attached hydrogens (tertiary/aromatic N) is 4. The highest BCUT2D eigenvalue weighted by atomic mass is 14.9. The van der Waals surface area contributed by atoms with Crippen LogP contribution in [0.3, 0.4) is 0 Å². The molecule has 0 saturated heterocycles. The minimum absolute atomic E-state index is 0.681. The molecule has 0 aliphatic rings. The Morgan fingerprint density at radius 2 is 0.551 bits per heavy atom. The molecule has 13 aromatic carbocycles. The minimum Gasteiger partial charge on any atom is -0.227 e. The lowest BCUT2D eigenvalue weighted by atomic mass is 9.89. The second-order valence-electron chi connectivity index (χ2n) is 20.0. The van der Waals surface area contributed by atoms with Gasteiger partial charge in [0.05, 0.1) is 22.4 Å². The van der Waals surface area contributed by atoms with Gasteiger partial charge < -0.3 is 0 Å². The van der Waals surface area contributed by atoms with Gasteiger partial charge in [0, 0.05) is 43.8 Å². The maximum atomic E-state index is 5.47. The van der Waals surface area contributed by atoms with Gasteiger partial charge in [-0.1, -0.05) is 267 Å². The van der Waals surface area contributed by atoms with Crippen molar-refractivity contribution >= 4 is 64.9 Å². The topological polar surface area (TPSA) is 51.6 Å². The van der Waals surface area contributed by atoms with Crippen LogP contribution in [0.1, 0.15) is 0 Å². The van der Waals surface area contributed by atoms with E-state index in [1.165, 1.54) is 16.3 Å². The van der Waals surface area contributed by atoms with Crippen molar-refractivity contribution in [1.29, 1.82) is 0 Å². The molecular weight excluding hydrogens is 945 g/mol. The zero-order valence-corrected chi connectivity index (χ0v) is 42.3. The lowest BCUT2D eigenvalue weighted by Crippen LogP contribution is -1.98. The van der Waals surface area contributed by atoms with E-state index >= 15 is 0 Å². The fourth-order valence-electron chi connectivity index (χ4n) is 11.7. The molecule has 15 rings (SSSR count). The lowest BCUT2D eigenvalue weighted by molar-refractivity contribution is 1.23. The Balaban J connectivity index is 0.864. The summed E-state index contributed by atoms with van der Waals surface area (Å²) < 4.78 is 0. The fraction of sp³-hybridized carbons (Fsp3) is 0. The molecule has 2 heterocycles. The van der Waals surface area contributed by atoms with Crippen LogP contribution in [-0.4, -0.2) is 19.9 Å². The summed E-state index contributed by atoms with van der Waals surface area (Å²) in [7, 11) is 0. The predicted octanol–water partition coefficient (Wildman–Crippen LogP) is 19.5. The van der Waals surface area contributed by atoms with E-state index < -0.39 is 0 Å². The number of fused-ring (bicyclic) bond motifs is 8. The van der Waals surface area contributed by atoms with Crippen molar-refractivity contribution in [2.75, 3.05) is 0 Å². The van der Waals surface area contributed by atoms with Crippen molar-refractivity contribution in [3.8, 4) is 89.8 Å². The highest BCUT2D eigenvalue weighted by Gasteiger charge is 2.21. The van der Waals surface area contributed by atoms with Crippen molar-refractivity contribution in [2.45, 2.75) is 0 Å². The average Bonchev–Trinajstić information content (AvgIpc) is 3.72. The molecule has 0 unspecified atom stereocenters. The first-order valence-corrected chi connectivity index (χ1v) is 26.5. The molecule has 78 heavy (non-hydrogen) atoms. The number of hydrogen-bond acceptors (Lipinski definition) is 4. The molecule has 0 N–H and O–H groups in total. The van der Waals surface area contributed by atoms with Gasteiger partial charge in [0.25, 0.3) is 0 Å². The number of aromatic nitrogens is 4. The number of rotatable bonds is 8. The average molecular weight is 991 g/mol. The molecule has 0 atom stereocenters. The Hall–Kier alpha value is -10.4. The predicted molar refractivity (Wildman–Crippen MR) is 326 cm³/mol. The SMILES string of the molecule is c1ccc(-c2ccc(-c3nc(-c4ccc(-c5cccc6c(-c7cc8c(-c9ccccc9)nc(-c9cccc%10ccccc9%10)nc8c8ccccc78)cccc56)cc4)nc4c3cc(-c3ccccc3)c3ccccc34)cc2)cc1. The molecule has 0 aliphatic carbocycles. The molecule has 4 nitrogen and oxygen atoms in total. The summed E-state index contributed by atoms with van der Waals surface area (Å²) in [6, 6.07) is 99.4. The van der Waals surface area contributed by atoms with E-state index in [4.69, 9.17) is 19.9 Å². The van der Waals surface area contributed by atoms with Crippen LogP contribution in [0.5, 0.6) is 0 Å². The van der Waals surface area contributed by atoms with Crippen LogP contribution < -0.4 is 0 Å². The normalized spacial score (nSPS) is 11.6. The van der Waals surface area contributed by atoms with E-state index in [1.54, 1.807) is 0 Å². The van der Waals surface area contributed by atoms with Gasteiger partial charge in [-0.15, -0.1) is 0 Å². The Morgan fingerprint density at radius 3 is 1.22 bits per heavy atom. The summed E-state index contributed by atoms with van der Waals surface area (Å²) in [6.07, 6.45) is 0. The van der Waals surface area contributed by atoms with Crippen molar-refractivity contribution in [2.24, 2.45) is 0 Å². The van der Waals surface area contributed by atoms with Crippen LogP contribution in [0.4, 0.5) is 0 Å². The van der Waals surface area contributed by atoms with Crippen molar-refractivity contribution in [3.63, 3.8) is 0 Å². The maximum absolute atomic E-state index is 5.47. The van der Waals surface area contributed by atoms with E-state index in [1.807, 2.05) is 0 Å². The zero-order chi connectivity index (χ0) is 51.5. The molecule has 0 fully saturated rings. The second kappa shape index (κ2) is 18.7. The first-order valence-electron chi connectivity index (χ1n) is 26.5. The summed E-state index contributed by atoms with van der Waals surface area (Å²) in [5.74, 6) is 1.39. The number of benzene rings is 13. The van der Waals surface area contributed by atoms with Gasteiger partial charge in [-0.05, 0) is 89.0 Å². The molecule has 0 saturated carbocycles. The molecule has 0 bridgehead atoms. The Kier molecular flexibility index (Phi) is 10.8. The van der Waals surface area contributed by atoms with Gasteiger partial charge in [-0.25, -0.2) is 19.9 Å². The van der Waals surface area contributed by atoms with Crippen molar-refractivity contribution < 1.29 is 0 Å². The number of hydrogen-bond donors (Lipinski definition) is 0. The standard InChI is InChI=1S/C74H46N4/c1-4-19-47(20-5-1)48-37-41-53(42-38-48)70-67-45-65(50-21-6-2-7-22-50)60-28-12-14-30-62(60)71(67)77-73(75-70)54-43-39-51(40-44-54)55-32-17-34-58-57(55)33-18-35-59(58)66-46-68-69(52-24-8-3-9-25-52)76-74(78-72(68)63-31-15-13-29-61(63)66)64-36-16-26-49-23-10-11-27-56(49)64/h1-46H. The largest absolute Gasteiger partial charge is 0.227 e. The summed E-state index contributed by atoms with van der Waals surface area (Å²) in [5, 5.41) is 11.1. The van der Waals surface area contributed by atoms with E-state index in [0.717, 1.165) is 127 Å². The first kappa shape index (κ1) is 45.0. The zero-order valence-electron chi connectivity index (χ0n) is 42.3. The summed E-state index contributed by atoms with van der Waals surface area (Å²) in [4.78, 5) is 21.8. The van der Waals surface area contributed by atoms with E-state index in [9.17, 15) is 0 Å². The third-order valence-electron chi connectivity index (χ3n) is 15.5. The minimum atomic E-state index is 0.681. The summed E-state index contributed by atoms with van der Waals surface area (Å²) in [5.41, 5.74) is 16.9. The molecule has 362 valence electrons. The molecule has 0 radical (unpaired) electrons. The highest BCUT2D eigenvalue weighted by Crippen LogP contribution is 2.44. The van der Waals surface area contributed by atoms with Crippen LogP contribution >= 0.6 is 0 Å². The van der Waals surface area contributed by atoms with Crippen LogP contribution in [0.2, 0.25) is 0 Å². The van der Waals surface area contributed by atoms with Crippen LogP contribution in [-0.2, 0) is 0 Å². The quantitative estimate of drug-likeness (QED) is 0.142. The molecule has 0 aliphatic heterocycles. The highest BCUT2D eigenvalue weighted by molar-refractivity contribution is 6.19. The van der Waals surface area contributed by atoms with Gasteiger partial charge in [0.1, 0.15) is 0 Å². The molecule has 0 spiro atoms. The summed E-state index contributed by atoms with van der Waals surface area (Å²) in [6.45, 7) is 0. The summed E-state index contributed by atoms with van der Waals surface area (Å²) >= 11 is 0. The molecule has 15 aromatic rings. The molecular formula is C74H46N4. The third kappa shape index (κ3) is 7.69. The van der Waals surface area contributed by atoms with E-state index in [2.05, 4.69) is 279 Å². The second-order valence-corrected chi connectivity index (χ2v) is 20.0. The van der Waals surface area contributed by atoms with Crippen LogP contribution in [0, 0.1) is 0 Å². The van der Waals surface area contributed by atoms with Gasteiger partial charge >= 0.3 is 0 Å². The maximum Gasteiger partial charge on any atom is 0.161 e. The molecule has 2 aromatic heterocycles. The van der Waals surface area contributed by atoms with Crippen LogP contribution in [0.15, 0.2) is 279 Å². The van der Waals surface area contributed by atoms with Crippen LogP contribution in [0.25, 0.3) is 155 Å². The van der Waals surface area contributed by atoms with E-state index in [0.29, 0.717) is 11.6 Å². The third-order valence-corrected chi connectivity index (χ3v) is 15.5. The lowest BCUT2D eigenvalue weighted by Gasteiger charge is -2.17. The first-order chi connectivity index (χ1) is 38.7. The van der Waals surface area contributed by atoms with Gasteiger partial charge in [-0.3, -0.25) is 0 Å². The van der Waals surface area contributed by atoms with Gasteiger partial charge in [-0.2, -0.15) is 0 Å². The smallest absolute Gasteiger partial charge is 0.161 e. The Bertz CT molecular complexity index is 4800. The van der Waals surface area contributed by atoms with E-state index in [-0.39, 0.29) is 0 Å². The molecule has 0 amide bonds. The Labute approximate surface area is 451 Å². The van der Waals surface area contributed by atoms with Gasteiger partial charge in [0.15, 0.2) is 11.6 Å². The van der Waals surface area contributed by atoms with Gasteiger partial charge in [0.2, 0.25) is 0 Å². The fourth-order valence-corrected chi connectivity index (χ4v) is 11.7.